The van der Waals surface area contributed by atoms with Crippen LogP contribution in [0.25, 0.3) is 0 Å². The Morgan fingerprint density at radius 3 is 2.47 bits per heavy atom. The van der Waals surface area contributed by atoms with Gasteiger partial charge in [-0.15, -0.1) is 0 Å². The van der Waals surface area contributed by atoms with Crippen LogP contribution >= 0.6 is 15.9 Å². The van der Waals surface area contributed by atoms with E-state index >= 15 is 0 Å². The van der Waals surface area contributed by atoms with E-state index in [1.807, 2.05) is 31.2 Å². The van der Waals surface area contributed by atoms with Crippen LogP contribution in [0.15, 0.2) is 70.2 Å². The van der Waals surface area contributed by atoms with Crippen LogP contribution in [0.5, 0.6) is 5.75 Å². The lowest BCUT2D eigenvalue weighted by Gasteiger charge is -2.09. The largest absolute Gasteiger partial charge is 0.488 e. The summed E-state index contributed by atoms with van der Waals surface area (Å²) < 4.78 is 44.8. The second-order valence-corrected chi connectivity index (χ2v) is 7.68. The van der Waals surface area contributed by atoms with Gasteiger partial charge in [0.15, 0.2) is 0 Å². The van der Waals surface area contributed by atoms with E-state index in [1.165, 1.54) is 6.21 Å². The number of alkyl halides is 3. The zero-order valence-electron chi connectivity index (χ0n) is 16.7. The topological polar surface area (TPSA) is 76.8 Å². The first-order valence-corrected chi connectivity index (χ1v) is 10.1. The quantitative estimate of drug-likeness (QED) is 0.219. The second-order valence-electron chi connectivity index (χ2n) is 6.82. The molecule has 1 N–H and O–H groups in total. The Bertz CT molecular complexity index is 1150. The molecule has 0 spiro atoms. The van der Waals surface area contributed by atoms with E-state index in [9.17, 15) is 23.3 Å². The Morgan fingerprint density at radius 1 is 1.12 bits per heavy atom. The lowest BCUT2D eigenvalue weighted by molar-refractivity contribution is -0.384. The minimum atomic E-state index is -4.68. The number of nitro groups is 1. The Morgan fingerprint density at radius 2 is 1.84 bits per heavy atom. The summed E-state index contributed by atoms with van der Waals surface area (Å²) in [5.41, 5.74) is 3.26. The van der Waals surface area contributed by atoms with Crippen molar-refractivity contribution < 1.29 is 22.8 Å². The van der Waals surface area contributed by atoms with Gasteiger partial charge < -0.3 is 4.74 Å². The van der Waals surface area contributed by atoms with E-state index in [0.29, 0.717) is 28.5 Å². The maximum absolute atomic E-state index is 12.8. The van der Waals surface area contributed by atoms with Crippen molar-refractivity contribution in [3.8, 4) is 5.75 Å². The van der Waals surface area contributed by atoms with Gasteiger partial charge in [0.25, 0.3) is 5.69 Å². The van der Waals surface area contributed by atoms with Gasteiger partial charge in [0, 0.05) is 6.07 Å². The number of benzene rings is 3. The Balaban J connectivity index is 1.67. The van der Waals surface area contributed by atoms with Crippen molar-refractivity contribution in [2.24, 2.45) is 5.10 Å². The summed E-state index contributed by atoms with van der Waals surface area (Å²) in [6.45, 7) is 2.40. The van der Waals surface area contributed by atoms with Crippen LogP contribution in [0.3, 0.4) is 0 Å². The molecule has 3 aromatic rings. The molecule has 0 aromatic heterocycles. The van der Waals surface area contributed by atoms with Crippen molar-refractivity contribution in [3.05, 3.63) is 97.5 Å². The number of ether oxygens (including phenoxy) is 1. The van der Waals surface area contributed by atoms with Gasteiger partial charge in [-0.1, -0.05) is 29.8 Å². The lowest BCUT2D eigenvalue weighted by Crippen LogP contribution is -2.06. The van der Waals surface area contributed by atoms with Gasteiger partial charge in [0.05, 0.1) is 21.2 Å². The molecule has 0 unspecified atom stereocenters. The van der Waals surface area contributed by atoms with Crippen molar-refractivity contribution in [3.63, 3.8) is 0 Å². The molecule has 3 aromatic carbocycles. The molecule has 6 nitrogen and oxygen atoms in total. The second kappa shape index (κ2) is 9.82. The molecule has 0 bridgehead atoms. The van der Waals surface area contributed by atoms with Crippen molar-refractivity contribution in [2.75, 3.05) is 5.43 Å². The fourth-order valence-electron chi connectivity index (χ4n) is 2.69. The summed E-state index contributed by atoms with van der Waals surface area (Å²) >= 11 is 3.42. The molecule has 0 fully saturated rings. The number of anilines is 1. The smallest absolute Gasteiger partial charge is 0.416 e. The molecule has 0 radical (unpaired) electrons. The number of aryl methyl sites for hydroxylation is 1. The van der Waals surface area contributed by atoms with Crippen molar-refractivity contribution in [2.45, 2.75) is 19.7 Å². The Hall–Kier alpha value is -3.40. The first-order chi connectivity index (χ1) is 15.1. The van der Waals surface area contributed by atoms with E-state index < -0.39 is 22.4 Å². The first-order valence-electron chi connectivity index (χ1n) is 9.26. The molecule has 0 heterocycles. The third kappa shape index (κ3) is 6.07. The highest BCUT2D eigenvalue weighted by molar-refractivity contribution is 9.10. The van der Waals surface area contributed by atoms with E-state index in [1.54, 1.807) is 18.2 Å². The normalized spacial score (nSPS) is 11.5. The summed E-state index contributed by atoms with van der Waals surface area (Å²) in [6.07, 6.45) is -3.29. The number of hydrogen-bond acceptors (Lipinski definition) is 5. The molecule has 10 heteroatoms. The van der Waals surface area contributed by atoms with Gasteiger partial charge in [-0.3, -0.25) is 15.5 Å². The molecule has 0 aliphatic rings. The number of nitrogens with zero attached hydrogens (tertiary/aromatic N) is 2. The lowest BCUT2D eigenvalue weighted by atomic mass is 10.1. The summed E-state index contributed by atoms with van der Waals surface area (Å²) in [4.78, 5) is 10.2. The zero-order valence-corrected chi connectivity index (χ0v) is 18.3. The first kappa shape index (κ1) is 23.3. The van der Waals surface area contributed by atoms with Gasteiger partial charge in [0.1, 0.15) is 18.0 Å². The molecule has 0 saturated heterocycles. The molecule has 0 amide bonds. The van der Waals surface area contributed by atoms with E-state index in [4.69, 9.17) is 4.74 Å². The minimum absolute atomic E-state index is 0.156. The highest BCUT2D eigenvalue weighted by Crippen LogP contribution is 2.35. The maximum Gasteiger partial charge on any atom is 0.416 e. The number of hydrogen-bond donors (Lipinski definition) is 1. The van der Waals surface area contributed by atoms with Gasteiger partial charge in [-0.2, -0.15) is 18.3 Å². The van der Waals surface area contributed by atoms with Crippen LogP contribution in [0.4, 0.5) is 24.5 Å². The van der Waals surface area contributed by atoms with Crippen molar-refractivity contribution in [1.82, 2.24) is 0 Å². The van der Waals surface area contributed by atoms with E-state index in [0.717, 1.165) is 23.3 Å². The summed E-state index contributed by atoms with van der Waals surface area (Å²) in [7, 11) is 0. The molecule has 0 aliphatic heterocycles. The van der Waals surface area contributed by atoms with Crippen molar-refractivity contribution >= 4 is 33.5 Å². The molecule has 32 heavy (non-hydrogen) atoms. The van der Waals surface area contributed by atoms with Crippen LogP contribution < -0.4 is 10.2 Å². The number of nitro benzene ring substituents is 1. The van der Waals surface area contributed by atoms with E-state index in [-0.39, 0.29) is 5.69 Å². The van der Waals surface area contributed by atoms with Gasteiger partial charge in [-0.25, -0.2) is 0 Å². The average molecular weight is 508 g/mol. The number of nitrogens with one attached hydrogen (secondary N) is 1. The van der Waals surface area contributed by atoms with Crippen LogP contribution in [0.1, 0.15) is 22.3 Å². The Labute approximate surface area is 190 Å². The summed E-state index contributed by atoms with van der Waals surface area (Å²) in [5.74, 6) is 0.620. The SMILES string of the molecule is Cc1ccc(COc2ccc(/C=N\Nc3ccc(C(F)(F)F)cc3[N+](=O)[O-])cc2Br)cc1. The van der Waals surface area contributed by atoms with Gasteiger partial charge in [0.2, 0.25) is 0 Å². The molecule has 0 atom stereocenters. The molecular weight excluding hydrogens is 491 g/mol. The molecular formula is C22H17BrF3N3O3. The summed E-state index contributed by atoms with van der Waals surface area (Å²) in [5, 5.41) is 15.0. The highest BCUT2D eigenvalue weighted by Gasteiger charge is 2.33. The predicted octanol–water partition coefficient (Wildman–Crippen LogP) is 6.71. The van der Waals surface area contributed by atoms with Gasteiger partial charge >= 0.3 is 6.18 Å². The molecule has 0 aliphatic carbocycles. The third-order valence-corrected chi connectivity index (χ3v) is 5.01. The third-order valence-electron chi connectivity index (χ3n) is 4.39. The maximum atomic E-state index is 12.8. The fraction of sp³-hybridized carbons (Fsp3) is 0.136. The zero-order chi connectivity index (χ0) is 23.3. The van der Waals surface area contributed by atoms with E-state index in [2.05, 4.69) is 26.5 Å². The van der Waals surface area contributed by atoms with Crippen LogP contribution in [-0.4, -0.2) is 11.1 Å². The molecule has 166 valence electrons. The fourth-order valence-corrected chi connectivity index (χ4v) is 3.20. The van der Waals surface area contributed by atoms with Crippen LogP contribution in [0.2, 0.25) is 0 Å². The molecule has 0 saturated carbocycles. The Kier molecular flexibility index (Phi) is 7.14. The number of halogens is 4. The number of rotatable bonds is 7. The highest BCUT2D eigenvalue weighted by atomic mass is 79.9. The van der Waals surface area contributed by atoms with Crippen molar-refractivity contribution in [1.29, 1.82) is 0 Å². The molecule has 3 rings (SSSR count). The summed E-state index contributed by atoms with van der Waals surface area (Å²) in [6, 6.07) is 15.3. The monoisotopic (exact) mass is 507 g/mol. The standard InChI is InChI=1S/C22H17BrF3N3O3/c1-14-2-4-15(5-3-14)13-32-21-9-6-16(10-18(21)23)12-27-28-19-8-7-17(22(24,25)26)11-20(19)29(30)31/h2-12,28H,13H2,1H3/b27-12-. The van der Waals surface area contributed by atoms with Crippen LogP contribution in [-0.2, 0) is 12.8 Å². The van der Waals surface area contributed by atoms with Crippen LogP contribution in [0, 0.1) is 17.0 Å². The minimum Gasteiger partial charge on any atom is -0.488 e. The predicted molar refractivity (Wildman–Crippen MR) is 119 cm³/mol. The van der Waals surface area contributed by atoms with Gasteiger partial charge in [-0.05, 0) is 64.3 Å². The average Bonchev–Trinajstić information content (AvgIpc) is 2.73. The number of hydrazone groups is 1.